The number of aromatic nitrogens is 3. The van der Waals surface area contributed by atoms with Crippen molar-refractivity contribution in [2.45, 2.75) is 57.7 Å². The van der Waals surface area contributed by atoms with E-state index < -0.39 is 0 Å². The second kappa shape index (κ2) is 8.04. The van der Waals surface area contributed by atoms with Crippen LogP contribution in [0.1, 0.15) is 45.9 Å². The van der Waals surface area contributed by atoms with Gasteiger partial charge in [0.1, 0.15) is 0 Å². The lowest BCUT2D eigenvalue weighted by atomic mass is 10.2. The molecule has 1 rings (SSSR count). The quantitative estimate of drug-likeness (QED) is 0.556. The Morgan fingerprint density at radius 1 is 1.47 bits per heavy atom. The molecule has 1 amide bonds. The van der Waals surface area contributed by atoms with Crippen molar-refractivity contribution < 1.29 is 4.79 Å². The van der Waals surface area contributed by atoms with Crippen LogP contribution in [0.4, 0.5) is 0 Å². The molecule has 0 saturated heterocycles. The van der Waals surface area contributed by atoms with Crippen molar-refractivity contribution >= 4 is 17.7 Å². The summed E-state index contributed by atoms with van der Waals surface area (Å²) in [6.07, 6.45) is 3.87. The van der Waals surface area contributed by atoms with Crippen molar-refractivity contribution in [1.82, 2.24) is 20.2 Å². The van der Waals surface area contributed by atoms with Gasteiger partial charge in [0.05, 0.1) is 5.75 Å². The van der Waals surface area contributed by atoms with Crippen molar-refractivity contribution in [3.63, 3.8) is 0 Å². The standard InChI is InChI=1S/C12H23N5OS/c1-4-6-7-10-15-16-12(17(10)13)19-8-11(18)14-9(3)5-2/h9H,4-8,13H2,1-3H3,(H,14,18)/t9-/m1/s1. The van der Waals surface area contributed by atoms with E-state index in [0.29, 0.717) is 10.9 Å². The molecule has 3 N–H and O–H groups in total. The summed E-state index contributed by atoms with van der Waals surface area (Å²) in [5.74, 6) is 6.98. The zero-order chi connectivity index (χ0) is 14.3. The molecule has 1 aromatic heterocycles. The van der Waals surface area contributed by atoms with Crippen molar-refractivity contribution in [2.24, 2.45) is 0 Å². The summed E-state index contributed by atoms with van der Waals surface area (Å²) in [6.45, 7) is 6.14. The number of thioether (sulfide) groups is 1. The minimum absolute atomic E-state index is 0.00235. The third-order valence-corrected chi connectivity index (χ3v) is 3.78. The van der Waals surface area contributed by atoms with Gasteiger partial charge < -0.3 is 11.2 Å². The highest BCUT2D eigenvalue weighted by atomic mass is 32.2. The van der Waals surface area contributed by atoms with Gasteiger partial charge in [-0.15, -0.1) is 10.2 Å². The lowest BCUT2D eigenvalue weighted by molar-refractivity contribution is -0.119. The van der Waals surface area contributed by atoms with E-state index in [9.17, 15) is 4.79 Å². The van der Waals surface area contributed by atoms with Crippen LogP contribution in [-0.4, -0.2) is 32.6 Å². The van der Waals surface area contributed by atoms with E-state index in [0.717, 1.165) is 31.5 Å². The third-order valence-electron chi connectivity index (χ3n) is 2.84. The minimum atomic E-state index is -0.00235. The van der Waals surface area contributed by atoms with E-state index in [-0.39, 0.29) is 11.9 Å². The van der Waals surface area contributed by atoms with Crippen LogP contribution in [-0.2, 0) is 11.2 Å². The fourth-order valence-corrected chi connectivity index (χ4v) is 2.15. The van der Waals surface area contributed by atoms with Crippen LogP contribution >= 0.6 is 11.8 Å². The predicted octanol–water partition coefficient (Wildman–Crippen LogP) is 1.34. The molecule has 1 aromatic rings. The van der Waals surface area contributed by atoms with Gasteiger partial charge in [-0.05, 0) is 19.8 Å². The Morgan fingerprint density at radius 2 is 2.21 bits per heavy atom. The molecule has 0 aliphatic rings. The number of carbonyl (C=O) groups excluding carboxylic acids is 1. The van der Waals surface area contributed by atoms with E-state index in [1.165, 1.54) is 16.4 Å². The van der Waals surface area contributed by atoms with Crippen molar-refractivity contribution in [2.75, 3.05) is 11.6 Å². The number of carbonyl (C=O) groups is 1. The van der Waals surface area contributed by atoms with Gasteiger partial charge in [-0.3, -0.25) is 4.79 Å². The maximum absolute atomic E-state index is 11.6. The number of nitrogens with zero attached hydrogens (tertiary/aromatic N) is 3. The van der Waals surface area contributed by atoms with Crippen LogP contribution in [0.3, 0.4) is 0 Å². The number of aryl methyl sites for hydroxylation is 1. The second-order valence-corrected chi connectivity index (χ2v) is 5.48. The van der Waals surface area contributed by atoms with Gasteiger partial charge in [0.25, 0.3) is 0 Å². The first kappa shape index (κ1) is 15.8. The highest BCUT2D eigenvalue weighted by Crippen LogP contribution is 2.15. The third kappa shape index (κ3) is 5.10. The first-order valence-electron chi connectivity index (χ1n) is 6.70. The Bertz CT molecular complexity index is 407. The molecular formula is C12H23N5OS. The van der Waals surface area contributed by atoms with Gasteiger partial charge >= 0.3 is 0 Å². The molecule has 0 bridgehead atoms. The molecule has 0 spiro atoms. The van der Waals surface area contributed by atoms with Crippen LogP contribution in [0.25, 0.3) is 0 Å². The number of rotatable bonds is 8. The maximum atomic E-state index is 11.6. The molecule has 0 radical (unpaired) electrons. The average molecular weight is 285 g/mol. The fraction of sp³-hybridized carbons (Fsp3) is 0.750. The highest BCUT2D eigenvalue weighted by Gasteiger charge is 2.12. The van der Waals surface area contributed by atoms with Gasteiger partial charge in [-0.25, -0.2) is 4.68 Å². The SMILES string of the molecule is CCCCc1nnc(SCC(=O)N[C@H](C)CC)n1N. The summed E-state index contributed by atoms with van der Waals surface area (Å²) in [4.78, 5) is 11.6. The number of nitrogen functional groups attached to an aromatic ring is 1. The smallest absolute Gasteiger partial charge is 0.230 e. The summed E-state index contributed by atoms with van der Waals surface area (Å²) in [5, 5.41) is 11.5. The molecule has 19 heavy (non-hydrogen) atoms. The zero-order valence-electron chi connectivity index (χ0n) is 11.8. The summed E-state index contributed by atoms with van der Waals surface area (Å²) < 4.78 is 1.48. The fourth-order valence-electron chi connectivity index (χ4n) is 1.46. The molecule has 1 heterocycles. The van der Waals surface area contributed by atoms with Crippen LogP contribution in [0.5, 0.6) is 0 Å². The van der Waals surface area contributed by atoms with Crippen molar-refractivity contribution in [1.29, 1.82) is 0 Å². The molecule has 0 aliphatic heterocycles. The zero-order valence-corrected chi connectivity index (χ0v) is 12.7. The van der Waals surface area contributed by atoms with Gasteiger partial charge in [0.2, 0.25) is 11.1 Å². The highest BCUT2D eigenvalue weighted by molar-refractivity contribution is 7.99. The lowest BCUT2D eigenvalue weighted by Crippen LogP contribution is -2.33. The van der Waals surface area contributed by atoms with Crippen molar-refractivity contribution in [3.05, 3.63) is 5.82 Å². The Labute approximate surface area is 118 Å². The second-order valence-electron chi connectivity index (χ2n) is 4.54. The molecule has 108 valence electrons. The van der Waals surface area contributed by atoms with E-state index in [2.05, 4.69) is 22.4 Å². The van der Waals surface area contributed by atoms with Crippen molar-refractivity contribution in [3.8, 4) is 0 Å². The van der Waals surface area contributed by atoms with Gasteiger partial charge in [-0.1, -0.05) is 32.0 Å². The van der Waals surface area contributed by atoms with E-state index in [1.807, 2.05) is 13.8 Å². The van der Waals surface area contributed by atoms with E-state index in [4.69, 9.17) is 5.84 Å². The van der Waals surface area contributed by atoms with Crippen LogP contribution in [0.15, 0.2) is 5.16 Å². The molecule has 6 nitrogen and oxygen atoms in total. The molecular weight excluding hydrogens is 262 g/mol. The first-order valence-corrected chi connectivity index (χ1v) is 7.68. The summed E-state index contributed by atoms with van der Waals surface area (Å²) in [7, 11) is 0. The number of unbranched alkanes of at least 4 members (excludes halogenated alkanes) is 1. The summed E-state index contributed by atoms with van der Waals surface area (Å²) >= 11 is 1.31. The van der Waals surface area contributed by atoms with Crippen LogP contribution in [0.2, 0.25) is 0 Å². The summed E-state index contributed by atoms with van der Waals surface area (Å²) in [5.41, 5.74) is 0. The van der Waals surface area contributed by atoms with Gasteiger partial charge in [0, 0.05) is 12.5 Å². The topological polar surface area (TPSA) is 85.8 Å². The number of nitrogens with two attached hydrogens (primary N) is 1. The Hall–Kier alpha value is -1.24. The molecule has 0 aliphatic carbocycles. The molecule has 0 unspecified atom stereocenters. The summed E-state index contributed by atoms with van der Waals surface area (Å²) in [6, 6.07) is 0.198. The largest absolute Gasteiger partial charge is 0.353 e. The number of hydrogen-bond donors (Lipinski definition) is 2. The normalized spacial score (nSPS) is 12.4. The molecule has 0 aromatic carbocycles. The number of hydrogen-bond acceptors (Lipinski definition) is 5. The number of nitrogens with one attached hydrogen (secondary N) is 1. The molecule has 0 fully saturated rings. The predicted molar refractivity (Wildman–Crippen MR) is 77.4 cm³/mol. The average Bonchev–Trinajstić information content (AvgIpc) is 2.74. The van der Waals surface area contributed by atoms with E-state index >= 15 is 0 Å². The van der Waals surface area contributed by atoms with Crippen LogP contribution < -0.4 is 11.2 Å². The maximum Gasteiger partial charge on any atom is 0.230 e. The Kier molecular flexibility index (Phi) is 6.69. The molecule has 7 heteroatoms. The Morgan fingerprint density at radius 3 is 2.84 bits per heavy atom. The lowest BCUT2D eigenvalue weighted by Gasteiger charge is -2.10. The Balaban J connectivity index is 2.45. The van der Waals surface area contributed by atoms with Gasteiger partial charge in [-0.2, -0.15) is 0 Å². The molecule has 1 atom stereocenters. The van der Waals surface area contributed by atoms with Gasteiger partial charge in [0.15, 0.2) is 5.82 Å². The molecule has 0 saturated carbocycles. The monoisotopic (exact) mass is 285 g/mol. The minimum Gasteiger partial charge on any atom is -0.353 e. The van der Waals surface area contributed by atoms with E-state index in [1.54, 1.807) is 0 Å². The number of amides is 1. The van der Waals surface area contributed by atoms with Crippen LogP contribution in [0, 0.1) is 0 Å². The first-order chi connectivity index (χ1) is 9.08.